The van der Waals surface area contributed by atoms with E-state index in [0.717, 1.165) is 18.2 Å². The van der Waals surface area contributed by atoms with Gasteiger partial charge in [-0.3, -0.25) is 0 Å². The van der Waals surface area contributed by atoms with Crippen LogP contribution in [0.4, 0.5) is 0 Å². The van der Waals surface area contributed by atoms with Crippen molar-refractivity contribution in [3.05, 3.63) is 0 Å². The molecule has 11 heavy (non-hydrogen) atoms. The van der Waals surface area contributed by atoms with E-state index in [0.29, 0.717) is 6.61 Å². The monoisotopic (exact) mass is 226 g/mol. The zero-order valence-electron chi connectivity index (χ0n) is 6.50. The van der Waals surface area contributed by atoms with Crippen LogP contribution >= 0.6 is 15.9 Å². The molecule has 0 aliphatic heterocycles. The van der Waals surface area contributed by atoms with Crippen molar-refractivity contribution in [3.63, 3.8) is 0 Å². The van der Waals surface area contributed by atoms with Gasteiger partial charge in [0.15, 0.2) is 0 Å². The largest absolute Gasteiger partial charge is 0.394 e. The molecule has 0 rings (SSSR count). The van der Waals surface area contributed by atoms with Crippen molar-refractivity contribution >= 4 is 15.9 Å². The lowest BCUT2D eigenvalue weighted by molar-refractivity contribution is 0.00564. The summed E-state index contributed by atoms with van der Waals surface area (Å²) in [6, 6.07) is 0. The molecule has 0 fully saturated rings. The van der Waals surface area contributed by atoms with Crippen molar-refractivity contribution in [2.75, 3.05) is 25.2 Å². The Morgan fingerprint density at radius 3 is 2.64 bits per heavy atom. The van der Waals surface area contributed by atoms with E-state index in [4.69, 9.17) is 14.9 Å². The SMILES string of the molecule is OCC(O)COCCCCBr. The minimum absolute atomic E-state index is 0.224. The fraction of sp³-hybridized carbons (Fsp3) is 1.00. The highest BCUT2D eigenvalue weighted by Gasteiger charge is 1.99. The fourth-order valence-corrected chi connectivity index (χ4v) is 0.967. The molecule has 0 amide bonds. The van der Waals surface area contributed by atoms with Gasteiger partial charge in [0.1, 0.15) is 6.10 Å². The molecule has 2 N–H and O–H groups in total. The summed E-state index contributed by atoms with van der Waals surface area (Å²) in [6.07, 6.45) is 1.34. The van der Waals surface area contributed by atoms with Crippen LogP contribution in [0.3, 0.4) is 0 Å². The molecule has 0 radical (unpaired) electrons. The number of alkyl halides is 1. The van der Waals surface area contributed by atoms with Gasteiger partial charge in [-0.05, 0) is 12.8 Å². The molecule has 0 spiro atoms. The van der Waals surface area contributed by atoms with Crippen molar-refractivity contribution in [1.82, 2.24) is 0 Å². The van der Waals surface area contributed by atoms with Crippen LogP contribution in [-0.2, 0) is 4.74 Å². The molecule has 0 aliphatic carbocycles. The first-order valence-corrected chi connectivity index (χ1v) is 4.86. The lowest BCUT2D eigenvalue weighted by Crippen LogP contribution is -2.19. The van der Waals surface area contributed by atoms with E-state index in [1.54, 1.807) is 0 Å². The van der Waals surface area contributed by atoms with E-state index in [1.807, 2.05) is 0 Å². The predicted molar refractivity (Wildman–Crippen MR) is 46.9 cm³/mol. The van der Waals surface area contributed by atoms with Gasteiger partial charge in [0.2, 0.25) is 0 Å². The summed E-state index contributed by atoms with van der Waals surface area (Å²) in [5.41, 5.74) is 0. The number of rotatable bonds is 7. The van der Waals surface area contributed by atoms with Gasteiger partial charge in [0, 0.05) is 11.9 Å². The van der Waals surface area contributed by atoms with Gasteiger partial charge in [-0.25, -0.2) is 0 Å². The van der Waals surface area contributed by atoms with Crippen molar-refractivity contribution in [1.29, 1.82) is 0 Å². The quantitative estimate of drug-likeness (QED) is 0.492. The number of hydrogen-bond donors (Lipinski definition) is 2. The van der Waals surface area contributed by atoms with E-state index in [2.05, 4.69) is 15.9 Å². The maximum absolute atomic E-state index is 8.83. The van der Waals surface area contributed by atoms with E-state index in [1.165, 1.54) is 0 Å². The summed E-state index contributed by atoms with van der Waals surface area (Å²) in [4.78, 5) is 0. The number of aliphatic hydroxyl groups excluding tert-OH is 2. The molecule has 1 atom stereocenters. The molecular formula is C7H15BrO3. The third kappa shape index (κ3) is 8.26. The molecule has 0 bridgehead atoms. The van der Waals surface area contributed by atoms with Crippen LogP contribution in [-0.4, -0.2) is 41.5 Å². The number of ether oxygens (including phenoxy) is 1. The first kappa shape index (κ1) is 11.4. The molecule has 3 nitrogen and oxygen atoms in total. The topological polar surface area (TPSA) is 49.7 Å². The summed E-state index contributed by atoms with van der Waals surface area (Å²) in [7, 11) is 0. The van der Waals surface area contributed by atoms with Crippen molar-refractivity contribution in [2.24, 2.45) is 0 Å². The highest BCUT2D eigenvalue weighted by molar-refractivity contribution is 9.09. The normalized spacial score (nSPS) is 13.4. The Morgan fingerprint density at radius 1 is 1.36 bits per heavy atom. The van der Waals surface area contributed by atoms with Crippen LogP contribution in [0, 0.1) is 0 Å². The second-order valence-electron chi connectivity index (χ2n) is 2.31. The number of halogens is 1. The Bertz CT molecular complexity index is 80.1. The maximum atomic E-state index is 8.83. The smallest absolute Gasteiger partial charge is 0.100 e. The Hall–Kier alpha value is 0.360. The Balaban J connectivity index is 2.89. The Labute approximate surface area is 75.5 Å². The van der Waals surface area contributed by atoms with Crippen LogP contribution in [0.1, 0.15) is 12.8 Å². The minimum Gasteiger partial charge on any atom is -0.394 e. The fourth-order valence-electron chi connectivity index (χ4n) is 0.571. The maximum Gasteiger partial charge on any atom is 0.100 e. The molecule has 0 aromatic rings. The van der Waals surface area contributed by atoms with Gasteiger partial charge in [-0.1, -0.05) is 15.9 Å². The number of unbranched alkanes of at least 4 members (excludes halogenated alkanes) is 1. The van der Waals surface area contributed by atoms with Crippen LogP contribution in [0.5, 0.6) is 0 Å². The summed E-state index contributed by atoms with van der Waals surface area (Å²) in [5.74, 6) is 0. The van der Waals surface area contributed by atoms with E-state index < -0.39 is 6.10 Å². The molecule has 68 valence electrons. The average Bonchev–Trinajstić information content (AvgIpc) is 2.04. The lowest BCUT2D eigenvalue weighted by atomic mass is 10.3. The summed E-state index contributed by atoms with van der Waals surface area (Å²) in [6.45, 7) is 0.667. The van der Waals surface area contributed by atoms with Crippen LogP contribution in [0.15, 0.2) is 0 Å². The van der Waals surface area contributed by atoms with Crippen LogP contribution < -0.4 is 0 Å². The predicted octanol–water partition coefficient (Wildman–Crippen LogP) is 0.531. The van der Waals surface area contributed by atoms with Crippen LogP contribution in [0.2, 0.25) is 0 Å². The molecule has 1 unspecified atom stereocenters. The first-order chi connectivity index (χ1) is 5.31. The zero-order valence-corrected chi connectivity index (χ0v) is 8.09. The van der Waals surface area contributed by atoms with Crippen molar-refractivity contribution < 1.29 is 14.9 Å². The van der Waals surface area contributed by atoms with Crippen LogP contribution in [0.25, 0.3) is 0 Å². The standard InChI is InChI=1S/C7H15BrO3/c8-3-1-2-4-11-6-7(10)5-9/h7,9-10H,1-6H2. The third-order valence-corrected chi connectivity index (χ3v) is 1.75. The average molecular weight is 227 g/mol. The van der Waals surface area contributed by atoms with Gasteiger partial charge in [-0.15, -0.1) is 0 Å². The molecule has 0 aromatic heterocycles. The Morgan fingerprint density at radius 2 is 2.09 bits per heavy atom. The van der Waals surface area contributed by atoms with Gasteiger partial charge in [0.25, 0.3) is 0 Å². The van der Waals surface area contributed by atoms with Gasteiger partial charge in [0.05, 0.1) is 13.2 Å². The molecule has 0 aromatic carbocycles. The number of aliphatic hydroxyl groups is 2. The highest BCUT2D eigenvalue weighted by Crippen LogP contribution is 1.94. The van der Waals surface area contributed by atoms with E-state index in [9.17, 15) is 0 Å². The van der Waals surface area contributed by atoms with E-state index >= 15 is 0 Å². The number of hydrogen-bond acceptors (Lipinski definition) is 3. The van der Waals surface area contributed by atoms with Gasteiger partial charge < -0.3 is 14.9 Å². The molecule has 0 saturated heterocycles. The van der Waals surface area contributed by atoms with Gasteiger partial charge in [-0.2, -0.15) is 0 Å². The molecule has 0 heterocycles. The minimum atomic E-state index is -0.723. The third-order valence-electron chi connectivity index (χ3n) is 1.19. The lowest BCUT2D eigenvalue weighted by Gasteiger charge is -2.07. The molecule has 0 aliphatic rings. The van der Waals surface area contributed by atoms with E-state index in [-0.39, 0.29) is 13.2 Å². The first-order valence-electron chi connectivity index (χ1n) is 3.74. The summed E-state index contributed by atoms with van der Waals surface area (Å²) < 4.78 is 5.06. The second kappa shape index (κ2) is 8.46. The van der Waals surface area contributed by atoms with Crippen molar-refractivity contribution in [2.45, 2.75) is 18.9 Å². The summed E-state index contributed by atoms with van der Waals surface area (Å²) >= 11 is 3.30. The van der Waals surface area contributed by atoms with Crippen molar-refractivity contribution in [3.8, 4) is 0 Å². The molecule has 0 saturated carbocycles. The Kier molecular flexibility index (Phi) is 8.73. The zero-order chi connectivity index (χ0) is 8.53. The van der Waals surface area contributed by atoms with Gasteiger partial charge >= 0.3 is 0 Å². The highest BCUT2D eigenvalue weighted by atomic mass is 79.9. The molecule has 4 heteroatoms. The molecular weight excluding hydrogens is 212 g/mol. The second-order valence-corrected chi connectivity index (χ2v) is 3.10. The summed E-state index contributed by atoms with van der Waals surface area (Å²) in [5, 5.41) is 18.2.